The molecule has 0 amide bonds. The summed E-state index contributed by atoms with van der Waals surface area (Å²) in [7, 11) is 0. The number of hydrogen-bond donors (Lipinski definition) is 2. The predicted molar refractivity (Wildman–Crippen MR) is 85.2 cm³/mol. The van der Waals surface area contributed by atoms with Crippen molar-refractivity contribution in [2.24, 2.45) is 5.73 Å². The molecule has 2 aromatic carbocycles. The van der Waals surface area contributed by atoms with E-state index in [0.717, 1.165) is 23.3 Å². The molecule has 0 saturated carbocycles. The first kappa shape index (κ1) is 15.5. The molecule has 2 aromatic rings. The molecule has 0 bridgehead atoms. The van der Waals surface area contributed by atoms with Crippen LogP contribution < -0.4 is 10.5 Å². The van der Waals surface area contributed by atoms with E-state index in [1.807, 2.05) is 54.6 Å². The van der Waals surface area contributed by atoms with Gasteiger partial charge in [-0.1, -0.05) is 49.4 Å². The number of aliphatic hydroxyl groups is 1. The van der Waals surface area contributed by atoms with Crippen LogP contribution in [0.1, 0.15) is 37.4 Å². The molecule has 21 heavy (non-hydrogen) atoms. The Bertz CT molecular complexity index is 549. The second-order valence-electron chi connectivity index (χ2n) is 5.51. The number of nitrogens with two attached hydrogens (primary N) is 1. The molecule has 0 fully saturated rings. The lowest BCUT2D eigenvalue weighted by molar-refractivity contribution is 0.00759. The molecule has 1 unspecified atom stereocenters. The zero-order valence-electron chi connectivity index (χ0n) is 12.6. The van der Waals surface area contributed by atoms with Gasteiger partial charge in [0.1, 0.15) is 18.0 Å². The van der Waals surface area contributed by atoms with Crippen LogP contribution in [0.25, 0.3) is 0 Å². The van der Waals surface area contributed by atoms with Crippen LogP contribution in [0.15, 0.2) is 54.6 Å². The third-order valence-corrected chi connectivity index (χ3v) is 3.66. The molecule has 2 atom stereocenters. The molecular formula is C18H23NO2. The minimum Gasteiger partial charge on any atom is -0.490 e. The Morgan fingerprint density at radius 2 is 1.71 bits per heavy atom. The average Bonchev–Trinajstić information content (AvgIpc) is 2.53. The van der Waals surface area contributed by atoms with Gasteiger partial charge in [-0.25, -0.2) is 0 Å². The first-order chi connectivity index (χ1) is 10.0. The number of ether oxygens (including phenoxy) is 1. The number of benzene rings is 2. The normalized spacial score (nSPS) is 15.2. The van der Waals surface area contributed by atoms with Gasteiger partial charge in [-0.3, -0.25) is 0 Å². The zero-order valence-corrected chi connectivity index (χ0v) is 12.6. The van der Waals surface area contributed by atoms with Crippen molar-refractivity contribution in [3.63, 3.8) is 0 Å². The summed E-state index contributed by atoms with van der Waals surface area (Å²) in [5, 5.41) is 10.5. The van der Waals surface area contributed by atoms with Gasteiger partial charge in [-0.2, -0.15) is 0 Å². The zero-order chi connectivity index (χ0) is 15.3. The van der Waals surface area contributed by atoms with E-state index < -0.39 is 5.60 Å². The van der Waals surface area contributed by atoms with Gasteiger partial charge in [-0.15, -0.1) is 0 Å². The van der Waals surface area contributed by atoms with Crippen molar-refractivity contribution in [3.05, 3.63) is 65.7 Å². The van der Waals surface area contributed by atoms with Crippen LogP contribution in [-0.4, -0.2) is 11.7 Å². The second kappa shape index (κ2) is 6.74. The largest absolute Gasteiger partial charge is 0.490 e. The monoisotopic (exact) mass is 285 g/mol. The van der Waals surface area contributed by atoms with Gasteiger partial charge in [-0.05, 0) is 36.6 Å². The summed E-state index contributed by atoms with van der Waals surface area (Å²) in [6.07, 6.45) is 0.906. The van der Waals surface area contributed by atoms with Gasteiger partial charge in [0.15, 0.2) is 0 Å². The third-order valence-electron chi connectivity index (χ3n) is 3.66. The first-order valence-electron chi connectivity index (χ1n) is 7.29. The predicted octanol–water partition coefficient (Wildman–Crippen LogP) is 3.38. The maximum absolute atomic E-state index is 10.5. The molecule has 0 heterocycles. The summed E-state index contributed by atoms with van der Waals surface area (Å²) in [5.41, 5.74) is 6.91. The van der Waals surface area contributed by atoms with Crippen LogP contribution in [0.3, 0.4) is 0 Å². The van der Waals surface area contributed by atoms with Gasteiger partial charge < -0.3 is 15.6 Å². The summed E-state index contributed by atoms with van der Waals surface area (Å²) in [6.45, 7) is 4.02. The molecular weight excluding hydrogens is 262 g/mol. The highest BCUT2D eigenvalue weighted by Gasteiger charge is 2.23. The van der Waals surface area contributed by atoms with Crippen LogP contribution in [0.5, 0.6) is 5.75 Å². The van der Waals surface area contributed by atoms with Crippen molar-refractivity contribution in [2.75, 3.05) is 6.61 Å². The maximum atomic E-state index is 10.5. The van der Waals surface area contributed by atoms with E-state index in [4.69, 9.17) is 10.5 Å². The van der Waals surface area contributed by atoms with Crippen LogP contribution >= 0.6 is 0 Å². The van der Waals surface area contributed by atoms with Crippen LogP contribution in [0.4, 0.5) is 0 Å². The van der Waals surface area contributed by atoms with Gasteiger partial charge in [0.25, 0.3) is 0 Å². The lowest BCUT2D eigenvalue weighted by Crippen LogP contribution is -2.29. The SMILES string of the molecule is CC[C@H](N)c1ccc(OCC(C)(O)c2ccccc2)cc1. The minimum absolute atomic E-state index is 0.0616. The molecule has 0 spiro atoms. The molecule has 2 rings (SSSR count). The van der Waals surface area contributed by atoms with E-state index in [1.165, 1.54) is 0 Å². The highest BCUT2D eigenvalue weighted by molar-refractivity contribution is 5.29. The highest BCUT2D eigenvalue weighted by Crippen LogP contribution is 2.23. The highest BCUT2D eigenvalue weighted by atomic mass is 16.5. The molecule has 3 heteroatoms. The average molecular weight is 285 g/mol. The second-order valence-corrected chi connectivity index (χ2v) is 5.51. The molecule has 0 aliphatic heterocycles. The molecule has 0 aromatic heterocycles. The van der Waals surface area contributed by atoms with Gasteiger partial charge in [0.2, 0.25) is 0 Å². The summed E-state index contributed by atoms with van der Waals surface area (Å²) in [4.78, 5) is 0. The lowest BCUT2D eigenvalue weighted by Gasteiger charge is -2.24. The van der Waals surface area contributed by atoms with Crippen LogP contribution in [0.2, 0.25) is 0 Å². The first-order valence-corrected chi connectivity index (χ1v) is 7.29. The van der Waals surface area contributed by atoms with Gasteiger partial charge in [0.05, 0.1) is 0 Å². The molecule has 3 N–H and O–H groups in total. The smallest absolute Gasteiger partial charge is 0.121 e. The fraction of sp³-hybridized carbons (Fsp3) is 0.333. The Labute approximate surface area is 126 Å². The topological polar surface area (TPSA) is 55.5 Å². The summed E-state index contributed by atoms with van der Waals surface area (Å²) < 4.78 is 5.70. The number of hydrogen-bond acceptors (Lipinski definition) is 3. The molecule has 3 nitrogen and oxygen atoms in total. The lowest BCUT2D eigenvalue weighted by atomic mass is 9.97. The van der Waals surface area contributed by atoms with E-state index in [9.17, 15) is 5.11 Å². The van der Waals surface area contributed by atoms with Crippen molar-refractivity contribution in [1.82, 2.24) is 0 Å². The number of rotatable bonds is 6. The Morgan fingerprint density at radius 3 is 2.29 bits per heavy atom. The minimum atomic E-state index is -1.01. The van der Waals surface area contributed by atoms with Crippen molar-refractivity contribution >= 4 is 0 Å². The van der Waals surface area contributed by atoms with Crippen molar-refractivity contribution < 1.29 is 9.84 Å². The molecule has 0 radical (unpaired) electrons. The fourth-order valence-electron chi connectivity index (χ4n) is 2.15. The van der Waals surface area contributed by atoms with E-state index in [2.05, 4.69) is 6.92 Å². The van der Waals surface area contributed by atoms with E-state index >= 15 is 0 Å². The van der Waals surface area contributed by atoms with Gasteiger partial charge >= 0.3 is 0 Å². The third kappa shape index (κ3) is 4.06. The maximum Gasteiger partial charge on any atom is 0.121 e. The Hall–Kier alpha value is -1.84. The fourth-order valence-corrected chi connectivity index (χ4v) is 2.15. The molecule has 0 saturated heterocycles. The van der Waals surface area contributed by atoms with Gasteiger partial charge in [0, 0.05) is 6.04 Å². The summed E-state index contributed by atoms with van der Waals surface area (Å²) in [6, 6.07) is 17.3. The van der Waals surface area contributed by atoms with Crippen LogP contribution in [-0.2, 0) is 5.60 Å². The molecule has 0 aliphatic rings. The van der Waals surface area contributed by atoms with Crippen molar-refractivity contribution in [2.45, 2.75) is 31.9 Å². The van der Waals surface area contributed by atoms with Crippen molar-refractivity contribution in [3.8, 4) is 5.75 Å². The molecule has 112 valence electrons. The summed E-state index contributed by atoms with van der Waals surface area (Å²) in [5.74, 6) is 0.734. The Morgan fingerprint density at radius 1 is 1.10 bits per heavy atom. The molecule has 0 aliphatic carbocycles. The van der Waals surface area contributed by atoms with Crippen molar-refractivity contribution in [1.29, 1.82) is 0 Å². The Balaban J connectivity index is 1.99. The van der Waals surface area contributed by atoms with E-state index in [1.54, 1.807) is 6.92 Å². The Kier molecular flexibility index (Phi) is 4.99. The quantitative estimate of drug-likeness (QED) is 0.855. The summed E-state index contributed by atoms with van der Waals surface area (Å²) >= 11 is 0. The van der Waals surface area contributed by atoms with E-state index in [-0.39, 0.29) is 12.6 Å². The van der Waals surface area contributed by atoms with Crippen LogP contribution in [0, 0.1) is 0 Å². The van der Waals surface area contributed by atoms with E-state index in [0.29, 0.717) is 0 Å². The standard InChI is InChI=1S/C18H23NO2/c1-3-17(19)14-9-11-16(12-10-14)21-13-18(2,20)15-7-5-4-6-8-15/h4-12,17,20H,3,13,19H2,1-2H3/t17-,18?/m0/s1.